The zero-order chi connectivity index (χ0) is 9.47. The SMILES string of the molecule is OCC1=CC=C2OCOC2(F)C1F. The molecule has 0 amide bonds. The van der Waals surface area contributed by atoms with Gasteiger partial charge in [0.1, 0.15) is 0 Å². The van der Waals surface area contributed by atoms with Crippen LogP contribution in [0.2, 0.25) is 0 Å². The molecule has 1 aliphatic heterocycles. The van der Waals surface area contributed by atoms with Gasteiger partial charge in [-0.15, -0.1) is 0 Å². The molecule has 1 N–H and O–H groups in total. The van der Waals surface area contributed by atoms with Gasteiger partial charge in [0.2, 0.25) is 0 Å². The van der Waals surface area contributed by atoms with Crippen molar-refractivity contribution < 1.29 is 23.4 Å². The number of rotatable bonds is 1. The van der Waals surface area contributed by atoms with Crippen LogP contribution in [0.4, 0.5) is 8.78 Å². The fraction of sp³-hybridized carbons (Fsp3) is 0.500. The number of fused-ring (bicyclic) bond motifs is 1. The van der Waals surface area contributed by atoms with Crippen molar-refractivity contribution in [3.05, 3.63) is 23.5 Å². The monoisotopic (exact) mass is 190 g/mol. The molecule has 3 nitrogen and oxygen atoms in total. The zero-order valence-electron chi connectivity index (χ0n) is 6.67. The van der Waals surface area contributed by atoms with E-state index in [1.54, 1.807) is 0 Å². The van der Waals surface area contributed by atoms with E-state index in [4.69, 9.17) is 9.84 Å². The number of hydrogen-bond acceptors (Lipinski definition) is 3. The Bertz CT molecular complexity index is 287. The maximum Gasteiger partial charge on any atom is 0.305 e. The van der Waals surface area contributed by atoms with Crippen LogP contribution in [0.5, 0.6) is 0 Å². The van der Waals surface area contributed by atoms with Gasteiger partial charge in [-0.1, -0.05) is 6.08 Å². The van der Waals surface area contributed by atoms with Crippen LogP contribution in [0.15, 0.2) is 23.5 Å². The van der Waals surface area contributed by atoms with Crippen molar-refractivity contribution in [2.24, 2.45) is 0 Å². The molecule has 2 rings (SSSR count). The minimum Gasteiger partial charge on any atom is -0.466 e. The topological polar surface area (TPSA) is 38.7 Å². The summed E-state index contributed by atoms with van der Waals surface area (Å²) in [6.07, 6.45) is 0.584. The fourth-order valence-corrected chi connectivity index (χ4v) is 1.35. The Labute approximate surface area is 73.3 Å². The smallest absolute Gasteiger partial charge is 0.305 e. The summed E-state index contributed by atoms with van der Waals surface area (Å²) in [5.41, 5.74) is -0.0447. The molecule has 0 aromatic rings. The van der Waals surface area contributed by atoms with Crippen molar-refractivity contribution in [1.29, 1.82) is 0 Å². The van der Waals surface area contributed by atoms with Gasteiger partial charge in [0.05, 0.1) is 6.61 Å². The molecule has 13 heavy (non-hydrogen) atoms. The number of allylic oxidation sites excluding steroid dienone is 2. The lowest BCUT2D eigenvalue weighted by Crippen LogP contribution is -2.39. The highest BCUT2D eigenvalue weighted by atomic mass is 19.2. The van der Waals surface area contributed by atoms with Crippen molar-refractivity contribution in [3.8, 4) is 0 Å². The Balaban J connectivity index is 2.36. The molecule has 0 aromatic heterocycles. The first-order chi connectivity index (χ1) is 6.18. The number of ether oxygens (including phenoxy) is 2. The van der Waals surface area contributed by atoms with Gasteiger partial charge < -0.3 is 9.84 Å². The lowest BCUT2D eigenvalue weighted by Gasteiger charge is -2.25. The van der Waals surface area contributed by atoms with Crippen LogP contribution in [-0.4, -0.2) is 30.5 Å². The summed E-state index contributed by atoms with van der Waals surface area (Å²) in [7, 11) is 0. The zero-order valence-corrected chi connectivity index (χ0v) is 6.67. The molecule has 0 spiro atoms. The Morgan fingerprint density at radius 2 is 2.38 bits per heavy atom. The van der Waals surface area contributed by atoms with Gasteiger partial charge in [-0.3, -0.25) is 4.74 Å². The number of halogens is 2. The number of alkyl halides is 2. The van der Waals surface area contributed by atoms with E-state index in [0.717, 1.165) is 0 Å². The van der Waals surface area contributed by atoms with E-state index < -0.39 is 18.6 Å². The molecule has 0 radical (unpaired) electrons. The molecule has 0 saturated carbocycles. The summed E-state index contributed by atoms with van der Waals surface area (Å²) in [4.78, 5) is 0. The molecule has 72 valence electrons. The minimum atomic E-state index is -2.53. The van der Waals surface area contributed by atoms with Crippen molar-refractivity contribution in [2.75, 3.05) is 13.4 Å². The van der Waals surface area contributed by atoms with Crippen molar-refractivity contribution >= 4 is 0 Å². The third-order valence-electron chi connectivity index (χ3n) is 2.10. The maximum atomic E-state index is 13.6. The lowest BCUT2D eigenvalue weighted by atomic mass is 9.97. The van der Waals surface area contributed by atoms with Gasteiger partial charge in [-0.25, -0.2) is 4.39 Å². The molecule has 2 aliphatic rings. The van der Waals surface area contributed by atoms with Crippen LogP contribution in [0.25, 0.3) is 0 Å². The fourth-order valence-electron chi connectivity index (χ4n) is 1.35. The van der Waals surface area contributed by atoms with Gasteiger partial charge in [0.25, 0.3) is 0 Å². The summed E-state index contributed by atoms with van der Waals surface area (Å²) in [6.45, 7) is -0.824. The van der Waals surface area contributed by atoms with E-state index >= 15 is 0 Å². The van der Waals surface area contributed by atoms with Gasteiger partial charge >= 0.3 is 5.85 Å². The van der Waals surface area contributed by atoms with E-state index in [0.29, 0.717) is 0 Å². The first kappa shape index (κ1) is 8.65. The predicted octanol–water partition coefficient (Wildman–Crippen LogP) is 0.811. The Kier molecular flexibility index (Phi) is 1.85. The molecule has 2 atom stereocenters. The summed E-state index contributed by atoms with van der Waals surface area (Å²) in [5.74, 6) is -2.70. The molecular weight excluding hydrogens is 182 g/mol. The highest BCUT2D eigenvalue weighted by Crippen LogP contribution is 2.41. The lowest BCUT2D eigenvalue weighted by molar-refractivity contribution is -0.129. The number of aliphatic hydroxyl groups excluding tert-OH is 1. The highest BCUT2D eigenvalue weighted by Gasteiger charge is 2.53. The van der Waals surface area contributed by atoms with Gasteiger partial charge in [-0.05, 0) is 11.6 Å². The Hall–Kier alpha value is -0.940. The van der Waals surface area contributed by atoms with Crippen LogP contribution in [0.3, 0.4) is 0 Å². The maximum absolute atomic E-state index is 13.6. The highest BCUT2D eigenvalue weighted by molar-refractivity contribution is 5.33. The van der Waals surface area contributed by atoms with Crippen molar-refractivity contribution in [3.63, 3.8) is 0 Å². The van der Waals surface area contributed by atoms with Gasteiger partial charge in [0, 0.05) is 0 Å². The standard InChI is InChI=1S/C8H8F2O3/c9-7-5(3-11)1-2-6-8(7,10)13-4-12-6/h1-2,7,11H,3-4H2. The van der Waals surface area contributed by atoms with Gasteiger partial charge in [0.15, 0.2) is 18.7 Å². The molecule has 1 saturated heterocycles. The summed E-state index contributed by atoms with van der Waals surface area (Å²) >= 11 is 0. The third kappa shape index (κ3) is 1.08. The van der Waals surface area contributed by atoms with Crippen LogP contribution in [0.1, 0.15) is 0 Å². The molecule has 0 bridgehead atoms. The summed E-state index contributed by atoms with van der Waals surface area (Å²) in [5, 5.41) is 8.70. The number of aliphatic hydroxyl groups is 1. The largest absolute Gasteiger partial charge is 0.466 e. The number of hydrogen-bond donors (Lipinski definition) is 1. The Morgan fingerprint density at radius 1 is 1.62 bits per heavy atom. The second-order valence-electron chi connectivity index (χ2n) is 2.84. The normalized spacial score (nSPS) is 37.6. The third-order valence-corrected chi connectivity index (χ3v) is 2.10. The molecule has 1 fully saturated rings. The van der Waals surface area contributed by atoms with E-state index in [1.807, 2.05) is 0 Å². The molecule has 1 heterocycles. The average Bonchev–Trinajstić information content (AvgIpc) is 2.50. The van der Waals surface area contributed by atoms with E-state index in [-0.39, 0.29) is 18.1 Å². The van der Waals surface area contributed by atoms with Crippen LogP contribution < -0.4 is 0 Å². The second-order valence-corrected chi connectivity index (χ2v) is 2.84. The van der Waals surface area contributed by atoms with E-state index in [9.17, 15) is 8.78 Å². The van der Waals surface area contributed by atoms with E-state index in [2.05, 4.69) is 4.74 Å². The average molecular weight is 190 g/mol. The van der Waals surface area contributed by atoms with Crippen molar-refractivity contribution in [2.45, 2.75) is 12.0 Å². The molecule has 1 aliphatic carbocycles. The van der Waals surface area contributed by atoms with Crippen LogP contribution in [0, 0.1) is 0 Å². The van der Waals surface area contributed by atoms with Crippen LogP contribution >= 0.6 is 0 Å². The summed E-state index contributed by atoms with van der Waals surface area (Å²) < 4.78 is 36.2. The second kappa shape index (κ2) is 2.78. The molecule has 2 unspecified atom stereocenters. The van der Waals surface area contributed by atoms with Crippen LogP contribution in [-0.2, 0) is 9.47 Å². The molecule has 0 aromatic carbocycles. The minimum absolute atomic E-state index is 0.0447. The predicted molar refractivity (Wildman–Crippen MR) is 39.0 cm³/mol. The quantitative estimate of drug-likeness (QED) is 0.665. The molecular formula is C8H8F2O3. The first-order valence-corrected chi connectivity index (χ1v) is 3.80. The van der Waals surface area contributed by atoms with Crippen molar-refractivity contribution in [1.82, 2.24) is 0 Å². The van der Waals surface area contributed by atoms with Gasteiger partial charge in [-0.2, -0.15) is 4.39 Å². The summed E-state index contributed by atoms with van der Waals surface area (Å²) in [6, 6.07) is 0. The molecule has 5 heteroatoms. The van der Waals surface area contributed by atoms with E-state index in [1.165, 1.54) is 12.2 Å². The first-order valence-electron chi connectivity index (χ1n) is 3.80. The Morgan fingerprint density at radius 3 is 3.08 bits per heavy atom.